The van der Waals surface area contributed by atoms with Crippen LogP contribution in [0.5, 0.6) is 0 Å². The van der Waals surface area contributed by atoms with Gasteiger partial charge >= 0.3 is 0 Å². The minimum Gasteiger partial charge on any atom is -0.370 e. The van der Waals surface area contributed by atoms with Crippen LogP contribution in [0.25, 0.3) is 0 Å². The predicted molar refractivity (Wildman–Crippen MR) is 136 cm³/mol. The number of nitrogens with one attached hydrogen (secondary N) is 2. The van der Waals surface area contributed by atoms with Gasteiger partial charge in [-0.05, 0) is 48.4 Å². The number of rotatable bonds is 8. The summed E-state index contributed by atoms with van der Waals surface area (Å²) in [5, 5.41) is 6.49. The average Bonchev–Trinajstić information content (AvgIpc) is 3.27. The molecule has 0 radical (unpaired) electrons. The number of hydrogen-bond acceptors (Lipinski definition) is 4. The van der Waals surface area contributed by atoms with Gasteiger partial charge in [0.2, 0.25) is 5.91 Å². The lowest BCUT2D eigenvalue weighted by molar-refractivity contribution is -0.118. The molecule has 1 aromatic heterocycles. The van der Waals surface area contributed by atoms with E-state index in [-0.39, 0.29) is 11.8 Å². The maximum Gasteiger partial charge on any atom is 0.247 e. The average molecular weight is 443 g/mol. The van der Waals surface area contributed by atoms with Crippen molar-refractivity contribution in [2.24, 2.45) is 5.92 Å². The molecule has 1 aliphatic rings. The number of anilines is 2. The molecule has 1 unspecified atom stereocenters. The lowest BCUT2D eigenvalue weighted by Crippen LogP contribution is -2.35. The smallest absolute Gasteiger partial charge is 0.247 e. The molecule has 0 spiro atoms. The second kappa shape index (κ2) is 10.6. The van der Waals surface area contributed by atoms with E-state index >= 15 is 0 Å². The van der Waals surface area contributed by atoms with Crippen LogP contribution in [0.1, 0.15) is 48.9 Å². The van der Waals surface area contributed by atoms with Gasteiger partial charge in [0.15, 0.2) is 0 Å². The van der Waals surface area contributed by atoms with Crippen LogP contribution < -0.4 is 15.5 Å². The molecule has 1 amide bonds. The van der Waals surface area contributed by atoms with Gasteiger partial charge in [-0.2, -0.15) is 0 Å². The van der Waals surface area contributed by atoms with Crippen LogP contribution >= 0.6 is 0 Å². The molecule has 1 aliphatic heterocycles. The molecule has 2 aromatic carbocycles. The Balaban J connectivity index is 1.43. The van der Waals surface area contributed by atoms with Crippen LogP contribution in [-0.4, -0.2) is 30.5 Å². The van der Waals surface area contributed by atoms with E-state index in [0.717, 1.165) is 24.3 Å². The number of carbonyl (C=O) groups excluding carboxylic acids is 1. The Hall–Kier alpha value is -3.18. The van der Waals surface area contributed by atoms with E-state index in [2.05, 4.69) is 65.6 Å². The zero-order valence-electron chi connectivity index (χ0n) is 19.8. The van der Waals surface area contributed by atoms with Crippen molar-refractivity contribution in [3.8, 4) is 0 Å². The van der Waals surface area contributed by atoms with Crippen molar-refractivity contribution in [3.05, 3.63) is 89.6 Å². The summed E-state index contributed by atoms with van der Waals surface area (Å²) >= 11 is 0. The summed E-state index contributed by atoms with van der Waals surface area (Å²) in [7, 11) is 0. The van der Waals surface area contributed by atoms with E-state index in [1.807, 2.05) is 48.7 Å². The summed E-state index contributed by atoms with van der Waals surface area (Å²) < 4.78 is 0. The van der Waals surface area contributed by atoms with Gasteiger partial charge in [0.05, 0.1) is 11.9 Å². The van der Waals surface area contributed by atoms with Crippen LogP contribution in [0.15, 0.2) is 72.9 Å². The molecule has 3 atom stereocenters. The van der Waals surface area contributed by atoms with Gasteiger partial charge in [0, 0.05) is 19.6 Å². The highest BCUT2D eigenvalue weighted by atomic mass is 16.2. The van der Waals surface area contributed by atoms with Gasteiger partial charge < -0.3 is 15.5 Å². The summed E-state index contributed by atoms with van der Waals surface area (Å²) in [6.45, 7) is 9.36. The number of aromatic nitrogens is 1. The highest BCUT2D eigenvalue weighted by molar-refractivity contribution is 5.94. The molecule has 3 aromatic rings. The predicted octanol–water partition coefficient (Wildman–Crippen LogP) is 5.31. The van der Waals surface area contributed by atoms with Gasteiger partial charge in [-0.25, -0.2) is 4.98 Å². The quantitative estimate of drug-likeness (QED) is 0.496. The fraction of sp³-hybridized carbons (Fsp3) is 0.357. The fourth-order valence-corrected chi connectivity index (χ4v) is 4.33. The summed E-state index contributed by atoms with van der Waals surface area (Å²) in [5.41, 5.74) is 4.56. The topological polar surface area (TPSA) is 57.3 Å². The number of carbonyl (C=O) groups is 1. The molecule has 4 rings (SSSR count). The normalized spacial score (nSPS) is 17.5. The van der Waals surface area contributed by atoms with E-state index in [9.17, 15) is 4.79 Å². The number of pyridine rings is 1. The maximum absolute atomic E-state index is 13.3. The van der Waals surface area contributed by atoms with E-state index < -0.39 is 6.04 Å². The third-order valence-electron chi connectivity index (χ3n) is 6.46. The number of benzene rings is 2. The second-order valence-electron chi connectivity index (χ2n) is 9.29. The van der Waals surface area contributed by atoms with E-state index in [0.29, 0.717) is 18.3 Å². The first-order valence-corrected chi connectivity index (χ1v) is 11.9. The molecule has 0 aliphatic carbocycles. The van der Waals surface area contributed by atoms with E-state index in [4.69, 9.17) is 0 Å². The second-order valence-corrected chi connectivity index (χ2v) is 9.29. The van der Waals surface area contributed by atoms with Gasteiger partial charge in [-0.3, -0.25) is 4.79 Å². The Morgan fingerprint density at radius 1 is 1.06 bits per heavy atom. The first-order chi connectivity index (χ1) is 16.0. The summed E-state index contributed by atoms with van der Waals surface area (Å²) in [6, 6.07) is 21.9. The zero-order valence-corrected chi connectivity index (χ0v) is 19.8. The summed E-state index contributed by atoms with van der Waals surface area (Å²) in [5.74, 6) is 1.46. The summed E-state index contributed by atoms with van der Waals surface area (Å²) in [6.07, 6.45) is 3.07. The van der Waals surface area contributed by atoms with Gasteiger partial charge in [-0.15, -0.1) is 0 Å². The van der Waals surface area contributed by atoms with Crippen molar-refractivity contribution in [2.45, 2.75) is 39.2 Å². The van der Waals surface area contributed by atoms with Crippen LogP contribution in [0.4, 0.5) is 11.5 Å². The molecular formula is C28H34N4O. The third-order valence-corrected chi connectivity index (χ3v) is 6.46. The monoisotopic (exact) mass is 442 g/mol. The Labute approximate surface area is 197 Å². The number of nitrogens with zero attached hydrogens (tertiary/aromatic N) is 2. The van der Waals surface area contributed by atoms with Crippen LogP contribution in [-0.2, 0) is 4.79 Å². The van der Waals surface area contributed by atoms with Crippen LogP contribution in [0.3, 0.4) is 0 Å². The molecule has 0 saturated carbocycles. The lowest BCUT2D eigenvalue weighted by Gasteiger charge is -2.22. The first kappa shape index (κ1) is 23.0. The lowest BCUT2D eigenvalue weighted by atomic mass is 9.98. The Bertz CT molecular complexity index is 1030. The Morgan fingerprint density at radius 3 is 2.45 bits per heavy atom. The van der Waals surface area contributed by atoms with Gasteiger partial charge in [-0.1, -0.05) is 74.0 Å². The van der Waals surface area contributed by atoms with Gasteiger partial charge in [0.1, 0.15) is 11.9 Å². The molecule has 33 heavy (non-hydrogen) atoms. The fourth-order valence-electron chi connectivity index (χ4n) is 4.33. The molecular weight excluding hydrogens is 408 g/mol. The van der Waals surface area contributed by atoms with E-state index in [1.165, 1.54) is 17.5 Å². The highest BCUT2D eigenvalue weighted by Crippen LogP contribution is 2.24. The zero-order chi connectivity index (χ0) is 23.2. The molecule has 2 heterocycles. The molecule has 172 valence electrons. The minimum atomic E-state index is -0.458. The number of amides is 1. The Morgan fingerprint density at radius 2 is 1.82 bits per heavy atom. The molecule has 1 fully saturated rings. The van der Waals surface area contributed by atoms with Crippen molar-refractivity contribution in [2.75, 3.05) is 29.9 Å². The minimum absolute atomic E-state index is 0.104. The van der Waals surface area contributed by atoms with Crippen molar-refractivity contribution >= 4 is 17.4 Å². The Kier molecular flexibility index (Phi) is 7.40. The SMILES string of the molecule is Cc1ccc(C(C)CN[C@H](C(=O)Nc2ccc(N3CC[C@H](C)C3)cn2)c2ccccc2)cc1. The van der Waals surface area contributed by atoms with Crippen molar-refractivity contribution in [1.29, 1.82) is 0 Å². The van der Waals surface area contributed by atoms with Crippen molar-refractivity contribution in [3.63, 3.8) is 0 Å². The number of hydrogen-bond donors (Lipinski definition) is 2. The van der Waals surface area contributed by atoms with Crippen LogP contribution in [0, 0.1) is 12.8 Å². The van der Waals surface area contributed by atoms with Crippen LogP contribution in [0.2, 0.25) is 0 Å². The van der Waals surface area contributed by atoms with Crippen molar-refractivity contribution < 1.29 is 4.79 Å². The molecule has 0 bridgehead atoms. The number of aryl methyl sites for hydroxylation is 1. The standard InChI is InChI=1S/C28H34N4O/c1-20-9-11-23(12-10-20)22(3)17-30-27(24-7-5-4-6-8-24)28(33)31-26-14-13-25(18-29-26)32-16-15-21(2)19-32/h4-14,18,21-22,27,30H,15-17,19H2,1-3H3,(H,29,31,33)/t21-,22?,27-/m0/s1. The third kappa shape index (κ3) is 5.99. The molecule has 5 nitrogen and oxygen atoms in total. The molecule has 5 heteroatoms. The van der Waals surface area contributed by atoms with E-state index in [1.54, 1.807) is 0 Å². The first-order valence-electron chi connectivity index (χ1n) is 11.9. The molecule has 2 N–H and O–H groups in total. The van der Waals surface area contributed by atoms with Crippen molar-refractivity contribution in [1.82, 2.24) is 10.3 Å². The largest absolute Gasteiger partial charge is 0.370 e. The maximum atomic E-state index is 13.3. The summed E-state index contributed by atoms with van der Waals surface area (Å²) in [4.78, 5) is 20.1. The highest BCUT2D eigenvalue weighted by Gasteiger charge is 2.22. The van der Waals surface area contributed by atoms with Gasteiger partial charge in [0.25, 0.3) is 0 Å². The molecule has 1 saturated heterocycles.